The zero-order valence-electron chi connectivity index (χ0n) is 14.2. The van der Waals surface area contributed by atoms with Gasteiger partial charge < -0.3 is 15.0 Å². The first kappa shape index (κ1) is 17.0. The van der Waals surface area contributed by atoms with Gasteiger partial charge >= 0.3 is 0 Å². The van der Waals surface area contributed by atoms with Crippen molar-refractivity contribution in [1.29, 1.82) is 0 Å². The third kappa shape index (κ3) is 4.30. The van der Waals surface area contributed by atoms with Gasteiger partial charge in [0.05, 0.1) is 18.4 Å². The van der Waals surface area contributed by atoms with Gasteiger partial charge in [-0.15, -0.1) is 0 Å². The molecule has 22 heavy (non-hydrogen) atoms. The fourth-order valence-electron chi connectivity index (χ4n) is 3.01. The number of hydrogen-bond donors (Lipinski definition) is 1. The molecule has 1 aliphatic rings. The van der Waals surface area contributed by atoms with Gasteiger partial charge in [-0.05, 0) is 39.3 Å². The summed E-state index contributed by atoms with van der Waals surface area (Å²) in [6.07, 6.45) is 2.03. The van der Waals surface area contributed by atoms with E-state index in [1.807, 2.05) is 13.8 Å². The molecular weight excluding hydrogens is 280 g/mol. The summed E-state index contributed by atoms with van der Waals surface area (Å²) in [5, 5.41) is 7.42. The van der Waals surface area contributed by atoms with E-state index < -0.39 is 0 Å². The molecule has 0 saturated carbocycles. The highest BCUT2D eigenvalue weighted by Gasteiger charge is 2.18. The predicted molar refractivity (Wildman–Crippen MR) is 85.9 cm³/mol. The first-order chi connectivity index (χ1) is 10.5. The Labute approximate surface area is 132 Å². The number of hydrogen-bond acceptors (Lipinski definition) is 4. The van der Waals surface area contributed by atoms with Gasteiger partial charge in [0, 0.05) is 25.3 Å². The molecule has 1 atom stereocenters. The minimum absolute atomic E-state index is 0.0115. The van der Waals surface area contributed by atoms with Crippen LogP contribution in [0.4, 0.5) is 0 Å². The molecule has 0 aromatic carbocycles. The number of aryl methyl sites for hydroxylation is 1. The average molecular weight is 308 g/mol. The number of amides is 1. The van der Waals surface area contributed by atoms with Crippen LogP contribution in [0.25, 0.3) is 0 Å². The molecule has 1 fully saturated rings. The summed E-state index contributed by atoms with van der Waals surface area (Å²) in [4.78, 5) is 14.3. The maximum atomic E-state index is 12.1. The van der Waals surface area contributed by atoms with Crippen molar-refractivity contribution in [2.75, 3.05) is 33.3 Å². The molecule has 124 valence electrons. The summed E-state index contributed by atoms with van der Waals surface area (Å²) in [5.74, 6) is 0.0115. The molecule has 1 saturated heterocycles. The number of carbonyl (C=O) groups excluding carboxylic acids is 1. The van der Waals surface area contributed by atoms with E-state index >= 15 is 0 Å². The van der Waals surface area contributed by atoms with E-state index in [1.54, 1.807) is 4.68 Å². The molecule has 2 rings (SSSR count). The van der Waals surface area contributed by atoms with Crippen molar-refractivity contribution >= 4 is 5.91 Å². The van der Waals surface area contributed by atoms with Crippen LogP contribution in [0.1, 0.15) is 30.3 Å². The van der Waals surface area contributed by atoms with Crippen LogP contribution in [-0.2, 0) is 22.5 Å². The van der Waals surface area contributed by atoms with Crippen LogP contribution in [0, 0.1) is 13.8 Å². The van der Waals surface area contributed by atoms with Gasteiger partial charge in [-0.25, -0.2) is 0 Å². The van der Waals surface area contributed by atoms with Crippen molar-refractivity contribution in [3.8, 4) is 0 Å². The Kier molecular flexibility index (Phi) is 5.97. The van der Waals surface area contributed by atoms with Crippen LogP contribution in [-0.4, -0.2) is 60.0 Å². The standard InChI is InChI=1S/C16H28N4O2/c1-5-15-12(2)18-20(13(15)3)11-16(21)17-7-6-14-10-19(4)8-9-22-14/h14H,5-11H2,1-4H3,(H,17,21)/t14-/m0/s1. The molecule has 0 unspecified atom stereocenters. The van der Waals surface area contributed by atoms with Gasteiger partial charge in [0.1, 0.15) is 6.54 Å². The molecule has 1 N–H and O–H groups in total. The number of morpholine rings is 1. The molecule has 0 aliphatic carbocycles. The van der Waals surface area contributed by atoms with E-state index in [-0.39, 0.29) is 18.6 Å². The Hall–Kier alpha value is -1.40. The number of nitrogens with zero attached hydrogens (tertiary/aromatic N) is 3. The van der Waals surface area contributed by atoms with E-state index in [0.29, 0.717) is 6.54 Å². The van der Waals surface area contributed by atoms with Crippen molar-refractivity contribution in [3.63, 3.8) is 0 Å². The second-order valence-electron chi connectivity index (χ2n) is 6.05. The summed E-state index contributed by atoms with van der Waals surface area (Å²) in [5.41, 5.74) is 3.35. The van der Waals surface area contributed by atoms with Gasteiger partial charge in [0.2, 0.25) is 5.91 Å². The molecule has 1 aromatic rings. The Morgan fingerprint density at radius 1 is 1.45 bits per heavy atom. The van der Waals surface area contributed by atoms with E-state index in [9.17, 15) is 4.79 Å². The zero-order chi connectivity index (χ0) is 16.1. The molecule has 1 amide bonds. The SMILES string of the molecule is CCc1c(C)nn(CC(=O)NCC[C@H]2CN(C)CCO2)c1C. The predicted octanol–water partition coefficient (Wildman–Crippen LogP) is 0.899. The normalized spacial score (nSPS) is 19.4. The Morgan fingerprint density at radius 3 is 2.86 bits per heavy atom. The minimum Gasteiger partial charge on any atom is -0.375 e. The molecule has 1 aliphatic heterocycles. The third-order valence-corrected chi connectivity index (χ3v) is 4.31. The lowest BCUT2D eigenvalue weighted by Gasteiger charge is -2.30. The van der Waals surface area contributed by atoms with Crippen LogP contribution in [0.5, 0.6) is 0 Å². The van der Waals surface area contributed by atoms with Crippen molar-refractivity contribution in [2.24, 2.45) is 0 Å². The Morgan fingerprint density at radius 2 is 2.23 bits per heavy atom. The summed E-state index contributed by atoms with van der Waals surface area (Å²) in [6, 6.07) is 0. The lowest BCUT2D eigenvalue weighted by atomic mass is 10.1. The number of rotatable bonds is 6. The highest BCUT2D eigenvalue weighted by Crippen LogP contribution is 2.13. The average Bonchev–Trinajstić information content (AvgIpc) is 2.73. The zero-order valence-corrected chi connectivity index (χ0v) is 14.2. The fraction of sp³-hybridized carbons (Fsp3) is 0.750. The van der Waals surface area contributed by atoms with Crippen LogP contribution in [0.3, 0.4) is 0 Å². The summed E-state index contributed by atoms with van der Waals surface area (Å²) >= 11 is 0. The molecule has 0 spiro atoms. The highest BCUT2D eigenvalue weighted by atomic mass is 16.5. The molecule has 6 heteroatoms. The first-order valence-corrected chi connectivity index (χ1v) is 8.11. The third-order valence-electron chi connectivity index (χ3n) is 4.31. The van der Waals surface area contributed by atoms with Crippen LogP contribution in [0.15, 0.2) is 0 Å². The lowest BCUT2D eigenvalue weighted by Crippen LogP contribution is -2.41. The van der Waals surface area contributed by atoms with E-state index in [2.05, 4.69) is 29.3 Å². The molecule has 2 heterocycles. The summed E-state index contributed by atoms with van der Waals surface area (Å²) in [7, 11) is 2.10. The van der Waals surface area contributed by atoms with Crippen molar-refractivity contribution < 1.29 is 9.53 Å². The summed E-state index contributed by atoms with van der Waals surface area (Å²) in [6.45, 7) is 9.78. The maximum absolute atomic E-state index is 12.1. The molecule has 1 aromatic heterocycles. The number of ether oxygens (including phenoxy) is 1. The van der Waals surface area contributed by atoms with Gasteiger partial charge in [-0.2, -0.15) is 5.10 Å². The second-order valence-corrected chi connectivity index (χ2v) is 6.05. The van der Waals surface area contributed by atoms with Gasteiger partial charge in [-0.1, -0.05) is 6.92 Å². The minimum atomic E-state index is 0.0115. The van der Waals surface area contributed by atoms with Crippen molar-refractivity contribution in [2.45, 2.75) is 46.3 Å². The van der Waals surface area contributed by atoms with Crippen LogP contribution >= 0.6 is 0 Å². The number of likely N-dealkylation sites (N-methyl/N-ethyl adjacent to an activating group) is 1. The molecule has 0 bridgehead atoms. The Balaban J connectivity index is 1.76. The second kappa shape index (κ2) is 7.74. The van der Waals surface area contributed by atoms with E-state index in [0.717, 1.165) is 43.9 Å². The maximum Gasteiger partial charge on any atom is 0.241 e. The van der Waals surface area contributed by atoms with Crippen molar-refractivity contribution in [1.82, 2.24) is 20.0 Å². The van der Waals surface area contributed by atoms with E-state index in [4.69, 9.17) is 4.74 Å². The quantitative estimate of drug-likeness (QED) is 0.848. The smallest absolute Gasteiger partial charge is 0.241 e. The first-order valence-electron chi connectivity index (χ1n) is 8.11. The van der Waals surface area contributed by atoms with Crippen LogP contribution < -0.4 is 5.32 Å². The molecule has 6 nitrogen and oxygen atoms in total. The van der Waals surface area contributed by atoms with E-state index in [1.165, 1.54) is 5.56 Å². The highest BCUT2D eigenvalue weighted by molar-refractivity contribution is 5.75. The fourth-order valence-corrected chi connectivity index (χ4v) is 3.01. The lowest BCUT2D eigenvalue weighted by molar-refractivity contribution is -0.122. The topological polar surface area (TPSA) is 59.4 Å². The Bertz CT molecular complexity index is 512. The number of nitrogens with one attached hydrogen (secondary N) is 1. The summed E-state index contributed by atoms with van der Waals surface area (Å²) < 4.78 is 7.49. The van der Waals surface area contributed by atoms with Gasteiger partial charge in [-0.3, -0.25) is 9.48 Å². The number of carbonyl (C=O) groups is 1. The van der Waals surface area contributed by atoms with Crippen molar-refractivity contribution in [3.05, 3.63) is 17.0 Å². The number of aromatic nitrogens is 2. The molecule has 0 radical (unpaired) electrons. The monoisotopic (exact) mass is 308 g/mol. The van der Waals surface area contributed by atoms with Gasteiger partial charge in [0.15, 0.2) is 0 Å². The largest absolute Gasteiger partial charge is 0.375 e. The molecular formula is C16H28N4O2. The van der Waals surface area contributed by atoms with Gasteiger partial charge in [0.25, 0.3) is 0 Å². The van der Waals surface area contributed by atoms with Crippen LogP contribution in [0.2, 0.25) is 0 Å².